The molecule has 12 nitrogen and oxygen atoms in total. The Morgan fingerprint density at radius 3 is 0.908 bits per heavy atom. The SMILES string of the molecule is [2H]c1c([2H])c([2H])c(-c2c([N+]#[C-])ccc3c2oc2c(-c4c([2H])c(C)c(C([2H])(C)C([2H])([2H])[2H])c(C)[n+]4C)c(C)ccc23)c([2H])c1[2H].[2H]c1c([2H])c([2H])c(-c2c([N+]#[C-])ccc3c2oc2c(-c4c([2H])c(C)c(C([2H])([2H])C(C)(C)C)c(C)[n+]4C)c(C)ccc23)c([2H])c1[2H].[2H]c1c([2H])c([2H])c(-c2c([N+]#[C-])ccc3c2oc2c(-c4c([2H])c(C)c(C([2H])([2H])C(C)C)c(C)[n+]4C)c(C)ccc23)c([2H])c1[2H].[2H]c1c([2H])c([2H])c(-c2c([N+]#[C-])ccc3c2oc2c(-c4c([2H])c(C)c(C5([2H])CCCC5)c(C)[n+]4C)c(C)ccc23)c([2H])c1[2H]. The third-order valence-electron chi connectivity index (χ3n) is 26.8. The van der Waals surface area contributed by atoms with Crippen LogP contribution in [-0.2, 0) is 40.9 Å². The van der Waals surface area contributed by atoms with E-state index >= 15 is 0 Å². The van der Waals surface area contributed by atoms with Crippen molar-refractivity contribution < 1.29 is 81.2 Å². The lowest BCUT2D eigenvalue weighted by Gasteiger charge is -2.21. The Morgan fingerprint density at radius 2 is 0.617 bits per heavy atom. The highest BCUT2D eigenvalue weighted by Gasteiger charge is 2.35. The van der Waals surface area contributed by atoms with Crippen molar-refractivity contribution in [2.45, 2.75) is 182 Å². The van der Waals surface area contributed by atoms with Gasteiger partial charge in [-0.2, -0.15) is 18.3 Å². The van der Waals surface area contributed by atoms with Gasteiger partial charge in [0.05, 0.1) is 81.4 Å². The summed E-state index contributed by atoms with van der Waals surface area (Å²) in [5.74, 6) is -2.99. The molecule has 1 atom stereocenters. The van der Waals surface area contributed by atoms with Crippen molar-refractivity contribution in [1.29, 1.82) is 0 Å². The summed E-state index contributed by atoms with van der Waals surface area (Å²) in [6.45, 7) is 61.3. The van der Waals surface area contributed by atoms with E-state index in [4.69, 9.17) is 82.3 Å². The van der Waals surface area contributed by atoms with Gasteiger partial charge in [0.2, 0.25) is 22.8 Å². The first-order chi connectivity index (χ1) is 81.2. The molecule has 0 amide bonds. The van der Waals surface area contributed by atoms with Gasteiger partial charge in [0, 0.05) is 152 Å². The number of hydrogen-bond donors (Lipinski definition) is 0. The summed E-state index contributed by atoms with van der Waals surface area (Å²) < 4.78 is 315. The smallest absolute Gasteiger partial charge is 0.216 e. The number of aryl methyl sites for hydroxylation is 4. The van der Waals surface area contributed by atoms with Crippen LogP contribution in [0.5, 0.6) is 0 Å². The highest BCUT2D eigenvalue weighted by atomic mass is 16.3. The summed E-state index contributed by atoms with van der Waals surface area (Å²) in [6.07, 6.45) is 0.172. The maximum Gasteiger partial charge on any atom is 0.216 e. The summed E-state index contributed by atoms with van der Waals surface area (Å²) in [4.78, 5) is 14.5. The number of furan rings is 4. The normalized spacial score (nSPS) is 16.5. The van der Waals surface area contributed by atoms with E-state index in [1.165, 1.54) is 13.0 Å². The first kappa shape index (κ1) is 63.1. The summed E-state index contributed by atoms with van der Waals surface area (Å²) in [7, 11) is 7.23. The minimum absolute atomic E-state index is 0.0274. The van der Waals surface area contributed by atoms with E-state index in [2.05, 4.69) is 19.4 Å². The van der Waals surface area contributed by atoms with Gasteiger partial charge in [0.25, 0.3) is 0 Å². The molecule has 8 heterocycles. The van der Waals surface area contributed by atoms with Gasteiger partial charge in [0.15, 0.2) is 45.5 Å². The lowest BCUT2D eigenvalue weighted by Crippen LogP contribution is -2.37. The standard InChI is InChI=1S/C33H31N2O.C33H33N2O.C32H31N2O.C31H29N2O/c1-20-15-16-25-26-17-18-27(34-4)31(24-11-7-6-8-12-24)33(26)36-32(25)30(20)28-19-21(2)29(22(3)35(28)5)23-13-9-10-14-23;1-20-14-15-24-25-16-17-27(34-7)30(23-12-10-9-11-13-23)32(25)36-31(24)29(20)28-18-21(2)26(19-33(4,5)6)22(3)35(28)8;1-19(2)17-26-21(4)18-28(34(7)22(26)5)29-20(3)13-14-24-25-15-16-27(33-6)30(32(25)35-31(24)29)23-11-9-8-10-12-23;1-18(2)27-20(4)17-26(33(7)21(27)5)28-19(3)13-14-23-24-15-16-25(32-6)29(31(24)34-30(23)28)22-11-9-8-10-12-22/h6-8,11-12,15-19,23H,9-10,13-14H2,1-3,5H3;9-18H,19H2,1-6,8H3;8-16,18-19H,17H2,1-5,7H3;8-18H,1-5,7H3/q4*+1/i6D,7D,8D,11D,12D,19D,23D;9D,10D,11D,12D,13D,18D,19D2;8D,9D,10D,11D,12D,17D2,18D;1D3,8D,9D,10D,11D,12D,17D,18D. The van der Waals surface area contributed by atoms with E-state index in [0.29, 0.717) is 156 Å². The van der Waals surface area contributed by atoms with E-state index in [0.717, 1.165) is 70.1 Å². The van der Waals surface area contributed by atoms with Crippen LogP contribution in [0.2, 0.25) is 0 Å². The van der Waals surface area contributed by atoms with Crippen molar-refractivity contribution >= 4 is 111 Å². The number of fused-ring (bicyclic) bond motifs is 12. The van der Waals surface area contributed by atoms with Crippen LogP contribution in [0.3, 0.4) is 0 Å². The lowest BCUT2D eigenvalue weighted by molar-refractivity contribution is -0.667. The van der Waals surface area contributed by atoms with Crippen LogP contribution < -0.4 is 18.3 Å². The van der Waals surface area contributed by atoms with Crippen LogP contribution in [0.4, 0.5) is 22.7 Å². The molecule has 21 rings (SSSR count). The second-order valence-electron chi connectivity index (χ2n) is 37.3. The molecule has 12 heteroatoms. The third kappa shape index (κ3) is 17.3. The molecule has 0 aliphatic heterocycles. The van der Waals surface area contributed by atoms with Crippen molar-refractivity contribution in [1.82, 2.24) is 0 Å². The van der Waals surface area contributed by atoms with Gasteiger partial charge in [-0.25, -0.2) is 19.4 Å². The number of benzene rings is 12. The summed E-state index contributed by atoms with van der Waals surface area (Å²) >= 11 is 0. The van der Waals surface area contributed by atoms with Crippen LogP contribution >= 0.6 is 0 Å². The molecule has 0 N–H and O–H groups in total. The predicted octanol–water partition coefficient (Wildman–Crippen LogP) is 34.5. The Morgan fingerprint density at radius 1 is 0.355 bits per heavy atom. The van der Waals surface area contributed by atoms with E-state index in [1.807, 2.05) is 159 Å². The molecule has 8 aromatic heterocycles. The van der Waals surface area contributed by atoms with Crippen LogP contribution in [-0.4, -0.2) is 0 Å². The molecule has 1 aliphatic carbocycles. The summed E-state index contributed by atoms with van der Waals surface area (Å²) in [6, 6.07) is 19.4. The van der Waals surface area contributed by atoms with E-state index < -0.39 is 158 Å². The number of rotatable bonds is 13. The van der Waals surface area contributed by atoms with Crippen molar-refractivity contribution in [3.8, 4) is 89.5 Å². The topological polar surface area (TPSA) is 85.5 Å². The molecule has 20 aromatic rings. The predicted molar refractivity (Wildman–Crippen MR) is 582 cm³/mol. The molecule has 1 fully saturated rings. The van der Waals surface area contributed by atoms with E-state index in [1.54, 1.807) is 95.9 Å². The number of hydrogen-bond acceptors (Lipinski definition) is 4. The van der Waals surface area contributed by atoms with Crippen molar-refractivity contribution in [3.05, 3.63) is 377 Å². The van der Waals surface area contributed by atoms with Gasteiger partial charge in [-0.3, -0.25) is 0 Å². The van der Waals surface area contributed by atoms with Crippen molar-refractivity contribution in [3.63, 3.8) is 0 Å². The lowest BCUT2D eigenvalue weighted by atomic mass is 9.85. The molecule has 700 valence electrons. The quantitative estimate of drug-likeness (QED) is 0.0850. The molecule has 12 aromatic carbocycles. The fourth-order valence-corrected chi connectivity index (χ4v) is 19.8. The first-order valence-corrected chi connectivity index (χ1v) is 46.4. The second kappa shape index (κ2) is 38.6. The monoisotopic (exact) mass is 1880 g/mol. The summed E-state index contributed by atoms with van der Waals surface area (Å²) in [5.41, 5.74) is 17.2. The molecule has 141 heavy (non-hydrogen) atoms. The van der Waals surface area contributed by atoms with Crippen LogP contribution in [0.15, 0.2) is 260 Å². The molecule has 0 spiro atoms. The Bertz CT molecular complexity index is 9900. The van der Waals surface area contributed by atoms with Gasteiger partial charge in [-0.15, -0.1) is 0 Å². The van der Waals surface area contributed by atoms with Gasteiger partial charge in [-0.1, -0.05) is 279 Å². The minimum atomic E-state index is -2.64. The minimum Gasteiger partial charge on any atom is -0.456 e. The number of nitrogens with zero attached hydrogens (tertiary/aromatic N) is 8. The molecule has 0 radical (unpaired) electrons. The zero-order valence-electron chi connectivity index (χ0n) is 116. The highest BCUT2D eigenvalue weighted by Crippen LogP contribution is 2.52. The maximum atomic E-state index is 9.34. The Balaban J connectivity index is 0.000000147. The molecule has 1 unspecified atom stereocenters. The molecule has 0 bridgehead atoms. The zero-order valence-corrected chi connectivity index (χ0v) is 82.9. The third-order valence-corrected chi connectivity index (χ3v) is 26.8. The first-order valence-electron chi connectivity index (χ1n) is 62.9. The number of aromatic nitrogens is 4. The fourth-order valence-electron chi connectivity index (χ4n) is 19.8. The summed E-state index contributed by atoms with van der Waals surface area (Å²) in [5, 5.41) is 5.09. The van der Waals surface area contributed by atoms with Crippen LogP contribution in [0.25, 0.3) is 197 Å². The average Bonchev–Trinajstić information content (AvgIpc) is 1.29. The Hall–Kier alpha value is -15.6. The van der Waals surface area contributed by atoms with Crippen LogP contribution in [0, 0.1) is 121 Å². The van der Waals surface area contributed by atoms with E-state index in [9.17, 15) is 6.85 Å². The molecule has 1 saturated carbocycles. The van der Waals surface area contributed by atoms with Crippen LogP contribution in [0.1, 0.15) is 221 Å². The van der Waals surface area contributed by atoms with Crippen molar-refractivity contribution in [2.24, 2.45) is 39.5 Å². The second-order valence-corrected chi connectivity index (χ2v) is 37.3. The largest absolute Gasteiger partial charge is 0.456 e. The van der Waals surface area contributed by atoms with Gasteiger partial charge >= 0.3 is 0 Å². The average molecular weight is 1880 g/mol. The van der Waals surface area contributed by atoms with E-state index in [-0.39, 0.29) is 119 Å². The van der Waals surface area contributed by atoms with Gasteiger partial charge in [0.1, 0.15) is 72.9 Å². The molecular weight excluding hydrogens is 1730 g/mol. The molecule has 1 aliphatic rings. The van der Waals surface area contributed by atoms with Gasteiger partial charge in [-0.05, 0) is 171 Å². The Labute approximate surface area is 876 Å². The molecule has 0 saturated heterocycles. The van der Waals surface area contributed by atoms with Gasteiger partial charge < -0.3 is 17.7 Å². The maximum absolute atomic E-state index is 9.34. The number of pyridine rings is 4. The Kier molecular flexibility index (Phi) is 17.3. The zero-order chi connectivity index (χ0) is 129. The highest BCUT2D eigenvalue weighted by molar-refractivity contribution is 6.19. The van der Waals surface area contributed by atoms with Crippen molar-refractivity contribution in [2.75, 3.05) is 0 Å². The molecular formula is C129H124N8O4+4. The fraction of sp³-hybridized carbons (Fsp3) is 0.256.